The van der Waals surface area contributed by atoms with Crippen molar-refractivity contribution >= 4 is 17.4 Å². The Morgan fingerprint density at radius 3 is 2.44 bits per heavy atom. The first kappa shape index (κ1) is 11.6. The Morgan fingerprint density at radius 1 is 1.19 bits per heavy atom. The van der Waals surface area contributed by atoms with E-state index in [9.17, 15) is 4.79 Å². The molecule has 0 bridgehead atoms. The van der Waals surface area contributed by atoms with Crippen LogP contribution < -0.4 is 5.73 Å². The fourth-order valence-electron chi connectivity index (χ4n) is 2.32. The lowest BCUT2D eigenvalue weighted by Crippen LogP contribution is -2.49. The van der Waals surface area contributed by atoms with Crippen molar-refractivity contribution < 1.29 is 4.79 Å². The smallest absolute Gasteiger partial charge is 0.184 e. The van der Waals surface area contributed by atoms with Gasteiger partial charge in [0, 0.05) is 5.56 Å². The standard InChI is InChI=1S/C13H16ClNO/c14-11-7-3-2-6-10(11)12(16)13(15)8-4-1-5-9-13/h2-3,6-7H,1,4-5,8-9,15H2. The lowest BCUT2D eigenvalue weighted by atomic mass is 9.77. The van der Waals surface area contributed by atoms with Crippen molar-refractivity contribution in [1.82, 2.24) is 0 Å². The highest BCUT2D eigenvalue weighted by Crippen LogP contribution is 2.30. The third kappa shape index (κ3) is 2.13. The van der Waals surface area contributed by atoms with Gasteiger partial charge in [0.15, 0.2) is 5.78 Å². The third-order valence-electron chi connectivity index (χ3n) is 3.32. The molecule has 1 saturated carbocycles. The van der Waals surface area contributed by atoms with Crippen molar-refractivity contribution in [2.24, 2.45) is 5.73 Å². The summed E-state index contributed by atoms with van der Waals surface area (Å²) in [6.45, 7) is 0. The fourth-order valence-corrected chi connectivity index (χ4v) is 2.54. The number of hydrogen-bond acceptors (Lipinski definition) is 2. The number of rotatable bonds is 2. The number of benzene rings is 1. The Balaban J connectivity index is 2.28. The average Bonchev–Trinajstić information content (AvgIpc) is 2.30. The monoisotopic (exact) mass is 237 g/mol. The van der Waals surface area contributed by atoms with Crippen LogP contribution in [0.2, 0.25) is 5.02 Å². The van der Waals surface area contributed by atoms with Gasteiger partial charge < -0.3 is 5.73 Å². The fraction of sp³-hybridized carbons (Fsp3) is 0.462. The van der Waals surface area contributed by atoms with Crippen molar-refractivity contribution in [3.63, 3.8) is 0 Å². The normalized spacial score (nSPS) is 19.4. The second-order valence-electron chi connectivity index (χ2n) is 4.53. The molecule has 2 nitrogen and oxygen atoms in total. The molecule has 1 fully saturated rings. The summed E-state index contributed by atoms with van der Waals surface area (Å²) in [7, 11) is 0. The largest absolute Gasteiger partial charge is 0.319 e. The van der Waals surface area contributed by atoms with Gasteiger partial charge in [-0.05, 0) is 25.0 Å². The van der Waals surface area contributed by atoms with E-state index in [1.807, 2.05) is 12.1 Å². The predicted octanol–water partition coefficient (Wildman–Crippen LogP) is 3.18. The molecular weight excluding hydrogens is 222 g/mol. The Labute approximate surface area is 101 Å². The van der Waals surface area contributed by atoms with E-state index < -0.39 is 5.54 Å². The van der Waals surface area contributed by atoms with Gasteiger partial charge >= 0.3 is 0 Å². The Bertz CT molecular complexity index is 397. The minimum Gasteiger partial charge on any atom is -0.319 e. The number of halogens is 1. The van der Waals surface area contributed by atoms with Gasteiger partial charge in [0.1, 0.15) is 0 Å². The van der Waals surface area contributed by atoms with Gasteiger partial charge in [0.2, 0.25) is 0 Å². The minimum absolute atomic E-state index is 0.00204. The van der Waals surface area contributed by atoms with Crippen molar-refractivity contribution in [3.05, 3.63) is 34.9 Å². The molecule has 2 N–H and O–H groups in total. The molecule has 1 aliphatic rings. The summed E-state index contributed by atoms with van der Waals surface area (Å²) in [6.07, 6.45) is 4.79. The van der Waals surface area contributed by atoms with E-state index in [1.165, 1.54) is 6.42 Å². The van der Waals surface area contributed by atoms with Crippen LogP contribution in [0.15, 0.2) is 24.3 Å². The lowest BCUT2D eigenvalue weighted by molar-refractivity contribution is 0.0848. The van der Waals surface area contributed by atoms with Crippen LogP contribution in [0.1, 0.15) is 42.5 Å². The summed E-state index contributed by atoms with van der Waals surface area (Å²) in [5.74, 6) is -0.00204. The SMILES string of the molecule is NC1(C(=O)c2ccccc2Cl)CCCCC1. The van der Waals surface area contributed by atoms with Gasteiger partial charge in [-0.25, -0.2) is 0 Å². The lowest BCUT2D eigenvalue weighted by Gasteiger charge is -2.32. The topological polar surface area (TPSA) is 43.1 Å². The molecule has 1 aliphatic carbocycles. The van der Waals surface area contributed by atoms with Gasteiger partial charge in [-0.3, -0.25) is 4.79 Å². The van der Waals surface area contributed by atoms with Crippen LogP contribution >= 0.6 is 11.6 Å². The molecule has 0 amide bonds. The Kier molecular flexibility index (Phi) is 3.31. The third-order valence-corrected chi connectivity index (χ3v) is 3.65. The molecule has 0 saturated heterocycles. The van der Waals surface area contributed by atoms with E-state index >= 15 is 0 Å². The van der Waals surface area contributed by atoms with Gasteiger partial charge in [-0.2, -0.15) is 0 Å². The first-order valence-corrected chi connectivity index (χ1v) is 6.09. The molecular formula is C13H16ClNO. The van der Waals surface area contributed by atoms with E-state index in [0.717, 1.165) is 25.7 Å². The van der Waals surface area contributed by atoms with Crippen LogP contribution in [0.5, 0.6) is 0 Å². The van der Waals surface area contributed by atoms with E-state index in [1.54, 1.807) is 12.1 Å². The predicted molar refractivity (Wildman–Crippen MR) is 65.8 cm³/mol. The second-order valence-corrected chi connectivity index (χ2v) is 4.93. The van der Waals surface area contributed by atoms with Crippen molar-refractivity contribution in [2.75, 3.05) is 0 Å². The van der Waals surface area contributed by atoms with Gasteiger partial charge in [0.05, 0.1) is 10.6 Å². The van der Waals surface area contributed by atoms with Crippen LogP contribution in [0.25, 0.3) is 0 Å². The minimum atomic E-state index is -0.691. The Hall–Kier alpha value is -0.860. The molecule has 0 aliphatic heterocycles. The zero-order valence-electron chi connectivity index (χ0n) is 9.21. The number of carbonyl (C=O) groups excluding carboxylic acids is 1. The number of hydrogen-bond donors (Lipinski definition) is 1. The summed E-state index contributed by atoms with van der Waals surface area (Å²) in [5.41, 5.74) is 6.07. The van der Waals surface area contributed by atoms with Crippen LogP contribution in [-0.4, -0.2) is 11.3 Å². The molecule has 86 valence electrons. The first-order valence-electron chi connectivity index (χ1n) is 5.72. The second kappa shape index (κ2) is 4.56. The highest BCUT2D eigenvalue weighted by atomic mass is 35.5. The molecule has 1 aromatic carbocycles. The molecule has 0 radical (unpaired) electrons. The molecule has 16 heavy (non-hydrogen) atoms. The van der Waals surface area contributed by atoms with Crippen molar-refractivity contribution in [1.29, 1.82) is 0 Å². The van der Waals surface area contributed by atoms with E-state index in [4.69, 9.17) is 17.3 Å². The molecule has 0 atom stereocenters. The highest BCUT2D eigenvalue weighted by Gasteiger charge is 2.36. The molecule has 0 aromatic heterocycles. The molecule has 2 rings (SSSR count). The number of Topliss-reactive ketones (excluding diaryl/α,β-unsaturated/α-hetero) is 1. The zero-order chi connectivity index (χ0) is 11.6. The van der Waals surface area contributed by atoms with Gasteiger partial charge in [-0.15, -0.1) is 0 Å². The maximum Gasteiger partial charge on any atom is 0.184 e. The maximum atomic E-state index is 12.3. The van der Waals surface area contributed by atoms with E-state index in [-0.39, 0.29) is 5.78 Å². The first-order chi connectivity index (χ1) is 7.63. The quantitative estimate of drug-likeness (QED) is 0.803. The van der Waals surface area contributed by atoms with Crippen LogP contribution in [0.4, 0.5) is 0 Å². The highest BCUT2D eigenvalue weighted by molar-refractivity contribution is 6.34. The number of nitrogens with two attached hydrogens (primary N) is 1. The van der Waals surface area contributed by atoms with Crippen LogP contribution in [-0.2, 0) is 0 Å². The number of carbonyl (C=O) groups is 1. The summed E-state index contributed by atoms with van der Waals surface area (Å²) in [5, 5.41) is 0.503. The zero-order valence-corrected chi connectivity index (χ0v) is 9.96. The molecule has 0 heterocycles. The Morgan fingerprint density at radius 2 is 1.81 bits per heavy atom. The van der Waals surface area contributed by atoms with Crippen LogP contribution in [0, 0.1) is 0 Å². The maximum absolute atomic E-state index is 12.3. The van der Waals surface area contributed by atoms with Crippen molar-refractivity contribution in [2.45, 2.75) is 37.6 Å². The van der Waals surface area contributed by atoms with Gasteiger partial charge in [0.25, 0.3) is 0 Å². The van der Waals surface area contributed by atoms with Crippen LogP contribution in [0.3, 0.4) is 0 Å². The summed E-state index contributed by atoms with van der Waals surface area (Å²) in [6, 6.07) is 7.14. The molecule has 3 heteroatoms. The summed E-state index contributed by atoms with van der Waals surface area (Å²) in [4.78, 5) is 12.3. The molecule has 1 aromatic rings. The van der Waals surface area contributed by atoms with E-state index in [2.05, 4.69) is 0 Å². The summed E-state index contributed by atoms with van der Waals surface area (Å²) >= 11 is 6.02. The molecule has 0 spiro atoms. The molecule has 0 unspecified atom stereocenters. The average molecular weight is 238 g/mol. The summed E-state index contributed by atoms with van der Waals surface area (Å²) < 4.78 is 0. The van der Waals surface area contributed by atoms with Crippen molar-refractivity contribution in [3.8, 4) is 0 Å². The van der Waals surface area contributed by atoms with Gasteiger partial charge in [-0.1, -0.05) is 43.0 Å². The van der Waals surface area contributed by atoms with E-state index in [0.29, 0.717) is 10.6 Å². The number of ketones is 1.